The van der Waals surface area contributed by atoms with Crippen LogP contribution in [0.15, 0.2) is 60.7 Å². The Morgan fingerprint density at radius 3 is 2.58 bits per heavy atom. The van der Waals surface area contributed by atoms with Crippen LogP contribution >= 0.6 is 11.6 Å². The van der Waals surface area contributed by atoms with Gasteiger partial charge in [-0.15, -0.1) is 0 Å². The van der Waals surface area contributed by atoms with E-state index in [2.05, 4.69) is 5.32 Å². The van der Waals surface area contributed by atoms with Crippen LogP contribution in [0.4, 0.5) is 16.2 Å². The fraction of sp³-hybridized carbons (Fsp3) is 0. The van der Waals surface area contributed by atoms with Crippen molar-refractivity contribution in [1.82, 2.24) is 0 Å². The van der Waals surface area contributed by atoms with Crippen molar-refractivity contribution in [1.29, 1.82) is 0 Å². The lowest BCUT2D eigenvalue weighted by Gasteiger charge is -2.10. The van der Waals surface area contributed by atoms with Crippen LogP contribution in [0.25, 0.3) is 10.8 Å². The normalized spacial score (nSPS) is 10.4. The van der Waals surface area contributed by atoms with E-state index in [0.29, 0.717) is 5.75 Å². The first-order chi connectivity index (χ1) is 11.5. The lowest BCUT2D eigenvalue weighted by atomic mass is 10.1. The number of ether oxygens (including phenoxy) is 1. The molecule has 7 heteroatoms. The highest BCUT2D eigenvalue weighted by atomic mass is 35.5. The SMILES string of the molecule is O=C(Nc1ccc([N+](=O)[O-])cc1Cl)Oc1cccc2ccccc12. The van der Waals surface area contributed by atoms with Crippen LogP contribution in [0.2, 0.25) is 5.02 Å². The van der Waals surface area contributed by atoms with Gasteiger partial charge in [0.25, 0.3) is 5.69 Å². The van der Waals surface area contributed by atoms with Crippen LogP contribution in [0.5, 0.6) is 5.75 Å². The summed E-state index contributed by atoms with van der Waals surface area (Å²) in [6.07, 6.45) is -0.734. The number of nitro benzene ring substituents is 1. The van der Waals surface area contributed by atoms with Gasteiger partial charge >= 0.3 is 6.09 Å². The number of hydrogen-bond acceptors (Lipinski definition) is 4. The molecule has 3 rings (SSSR count). The maximum Gasteiger partial charge on any atom is 0.417 e. The highest BCUT2D eigenvalue weighted by Gasteiger charge is 2.13. The third-order valence-corrected chi connectivity index (χ3v) is 3.67. The van der Waals surface area contributed by atoms with E-state index in [9.17, 15) is 14.9 Å². The van der Waals surface area contributed by atoms with Crippen LogP contribution in [0, 0.1) is 10.1 Å². The topological polar surface area (TPSA) is 81.5 Å². The number of amides is 1. The average Bonchev–Trinajstić information content (AvgIpc) is 2.57. The summed E-state index contributed by atoms with van der Waals surface area (Å²) in [4.78, 5) is 22.2. The van der Waals surface area contributed by atoms with Crippen molar-refractivity contribution in [3.63, 3.8) is 0 Å². The third kappa shape index (κ3) is 3.28. The van der Waals surface area contributed by atoms with E-state index in [4.69, 9.17) is 16.3 Å². The number of rotatable bonds is 3. The molecule has 1 N–H and O–H groups in total. The number of nitrogens with zero attached hydrogens (tertiary/aromatic N) is 1. The molecular formula is C17H11ClN2O4. The van der Waals surface area contributed by atoms with Gasteiger partial charge in [-0.2, -0.15) is 0 Å². The standard InChI is InChI=1S/C17H11ClN2O4/c18-14-10-12(20(22)23)8-9-15(14)19-17(21)24-16-7-3-5-11-4-1-2-6-13(11)16/h1-10H,(H,19,21). The maximum atomic E-state index is 12.1. The zero-order chi connectivity index (χ0) is 17.1. The number of nitro groups is 1. The highest BCUT2D eigenvalue weighted by molar-refractivity contribution is 6.33. The van der Waals surface area contributed by atoms with E-state index in [1.54, 1.807) is 12.1 Å². The van der Waals surface area contributed by atoms with E-state index in [1.165, 1.54) is 12.1 Å². The Hall–Kier alpha value is -3.12. The zero-order valence-corrected chi connectivity index (χ0v) is 13.0. The molecule has 0 saturated heterocycles. The number of carbonyl (C=O) groups is 1. The minimum absolute atomic E-state index is 0.0547. The van der Waals surface area contributed by atoms with Crippen molar-refractivity contribution in [3.8, 4) is 5.75 Å². The zero-order valence-electron chi connectivity index (χ0n) is 12.2. The number of benzene rings is 3. The number of carbonyl (C=O) groups excluding carboxylic acids is 1. The van der Waals surface area contributed by atoms with Gasteiger partial charge in [0.2, 0.25) is 0 Å². The predicted molar refractivity (Wildman–Crippen MR) is 91.7 cm³/mol. The molecule has 3 aromatic carbocycles. The Labute approximate surface area is 141 Å². The van der Waals surface area contributed by atoms with Crippen molar-refractivity contribution in [2.45, 2.75) is 0 Å². The molecule has 6 nitrogen and oxygen atoms in total. The maximum absolute atomic E-state index is 12.1. The summed E-state index contributed by atoms with van der Waals surface area (Å²) in [5.74, 6) is 0.406. The van der Waals surface area contributed by atoms with E-state index < -0.39 is 11.0 Å². The molecule has 24 heavy (non-hydrogen) atoms. The molecule has 0 spiro atoms. The van der Waals surface area contributed by atoms with Gasteiger partial charge in [0, 0.05) is 17.5 Å². The molecule has 0 aliphatic carbocycles. The molecule has 0 aliphatic heterocycles. The minimum atomic E-state index is -0.734. The Morgan fingerprint density at radius 2 is 1.83 bits per heavy atom. The second-order valence-corrected chi connectivity index (χ2v) is 5.32. The van der Waals surface area contributed by atoms with Crippen molar-refractivity contribution < 1.29 is 14.5 Å². The number of anilines is 1. The van der Waals surface area contributed by atoms with Gasteiger partial charge in [0.05, 0.1) is 15.6 Å². The Balaban J connectivity index is 1.79. The lowest BCUT2D eigenvalue weighted by Crippen LogP contribution is -2.17. The van der Waals surface area contributed by atoms with Crippen LogP contribution < -0.4 is 10.1 Å². The minimum Gasteiger partial charge on any atom is -0.409 e. The molecule has 0 saturated carbocycles. The molecule has 120 valence electrons. The van der Waals surface area contributed by atoms with Gasteiger partial charge in [-0.3, -0.25) is 15.4 Å². The molecule has 0 aliphatic rings. The van der Waals surface area contributed by atoms with E-state index in [-0.39, 0.29) is 16.4 Å². The predicted octanol–water partition coefficient (Wildman–Crippen LogP) is 5.01. The van der Waals surface area contributed by atoms with Gasteiger partial charge in [-0.05, 0) is 17.5 Å². The number of nitrogens with one attached hydrogen (secondary N) is 1. The largest absolute Gasteiger partial charge is 0.417 e. The molecule has 1 amide bonds. The fourth-order valence-corrected chi connectivity index (χ4v) is 2.46. The molecule has 0 fully saturated rings. The van der Waals surface area contributed by atoms with E-state index in [0.717, 1.165) is 16.8 Å². The summed E-state index contributed by atoms with van der Waals surface area (Å²) >= 11 is 5.94. The Kier molecular flexibility index (Phi) is 4.31. The van der Waals surface area contributed by atoms with Gasteiger partial charge in [0.15, 0.2) is 0 Å². The summed E-state index contributed by atoms with van der Waals surface area (Å²) in [5, 5.41) is 15.0. The molecule has 0 atom stereocenters. The van der Waals surface area contributed by atoms with Gasteiger partial charge in [-0.25, -0.2) is 4.79 Å². The van der Waals surface area contributed by atoms with Gasteiger partial charge in [-0.1, -0.05) is 48.0 Å². The van der Waals surface area contributed by atoms with Crippen molar-refractivity contribution in [2.75, 3.05) is 5.32 Å². The number of fused-ring (bicyclic) bond motifs is 1. The summed E-state index contributed by atoms with van der Waals surface area (Å²) in [5.41, 5.74) is 0.0699. The number of non-ortho nitro benzene ring substituents is 1. The molecule has 0 bridgehead atoms. The smallest absolute Gasteiger partial charge is 0.409 e. The molecular weight excluding hydrogens is 332 g/mol. The second-order valence-electron chi connectivity index (χ2n) is 4.91. The van der Waals surface area contributed by atoms with Gasteiger partial charge < -0.3 is 4.74 Å². The first-order valence-electron chi connectivity index (χ1n) is 6.95. The first kappa shape index (κ1) is 15.8. The van der Waals surface area contributed by atoms with E-state index >= 15 is 0 Å². The molecule has 0 aromatic heterocycles. The van der Waals surface area contributed by atoms with Crippen LogP contribution in [0.1, 0.15) is 0 Å². The summed E-state index contributed by atoms with van der Waals surface area (Å²) in [6.45, 7) is 0. The quantitative estimate of drug-likeness (QED) is 0.535. The number of halogens is 1. The van der Waals surface area contributed by atoms with Crippen LogP contribution in [0.3, 0.4) is 0 Å². The van der Waals surface area contributed by atoms with E-state index in [1.807, 2.05) is 30.3 Å². The summed E-state index contributed by atoms with van der Waals surface area (Å²) in [7, 11) is 0. The van der Waals surface area contributed by atoms with Crippen molar-refractivity contribution >= 4 is 39.8 Å². The Morgan fingerprint density at radius 1 is 1.08 bits per heavy atom. The summed E-state index contributed by atoms with van der Waals surface area (Å²) in [6, 6.07) is 16.6. The molecule has 3 aromatic rings. The fourth-order valence-electron chi connectivity index (χ4n) is 2.24. The summed E-state index contributed by atoms with van der Waals surface area (Å²) < 4.78 is 5.32. The van der Waals surface area contributed by atoms with Crippen molar-refractivity contribution in [3.05, 3.63) is 75.8 Å². The average molecular weight is 343 g/mol. The second kappa shape index (κ2) is 6.55. The first-order valence-corrected chi connectivity index (χ1v) is 7.33. The van der Waals surface area contributed by atoms with Gasteiger partial charge in [0.1, 0.15) is 5.75 Å². The molecule has 0 heterocycles. The van der Waals surface area contributed by atoms with Crippen LogP contribution in [-0.2, 0) is 0 Å². The monoisotopic (exact) mass is 342 g/mol. The lowest BCUT2D eigenvalue weighted by molar-refractivity contribution is -0.384. The molecule has 0 unspecified atom stereocenters. The highest BCUT2D eigenvalue weighted by Crippen LogP contribution is 2.28. The number of hydrogen-bond donors (Lipinski definition) is 1. The third-order valence-electron chi connectivity index (χ3n) is 3.35. The van der Waals surface area contributed by atoms with Crippen molar-refractivity contribution in [2.24, 2.45) is 0 Å². The van der Waals surface area contributed by atoms with Crippen LogP contribution in [-0.4, -0.2) is 11.0 Å². The molecule has 0 radical (unpaired) electrons. The Bertz CT molecular complexity index is 938.